The SMILES string of the molecule is CN=C(NCC(c1cnn(C)c1)N(C)C)NC1CCN(CCOC(C)C)CC1.I. The zero-order valence-corrected chi connectivity index (χ0v) is 21.2. The fourth-order valence-electron chi connectivity index (χ4n) is 3.51. The van der Waals surface area contributed by atoms with Crippen LogP contribution in [-0.4, -0.2) is 91.6 Å². The van der Waals surface area contributed by atoms with Gasteiger partial charge in [0.25, 0.3) is 0 Å². The number of aliphatic imine (C=N–C) groups is 1. The number of hydrogen-bond donors (Lipinski definition) is 2. The molecule has 0 saturated carbocycles. The maximum Gasteiger partial charge on any atom is 0.191 e. The van der Waals surface area contributed by atoms with Crippen LogP contribution in [0.1, 0.15) is 38.3 Å². The topological polar surface area (TPSA) is 70.0 Å². The molecule has 168 valence electrons. The molecule has 2 N–H and O–H groups in total. The molecule has 9 heteroatoms. The Hall–Kier alpha value is -0.910. The first-order valence-corrected chi connectivity index (χ1v) is 10.3. The Morgan fingerprint density at radius 2 is 2.03 bits per heavy atom. The molecule has 0 aromatic carbocycles. The third-order valence-electron chi connectivity index (χ3n) is 5.21. The zero-order chi connectivity index (χ0) is 20.5. The lowest BCUT2D eigenvalue weighted by Gasteiger charge is -2.33. The summed E-state index contributed by atoms with van der Waals surface area (Å²) in [5.74, 6) is 0.873. The Balaban J connectivity index is 0.00000420. The van der Waals surface area contributed by atoms with E-state index in [1.807, 2.05) is 25.0 Å². The van der Waals surface area contributed by atoms with Crippen LogP contribution >= 0.6 is 24.0 Å². The predicted octanol–water partition coefficient (Wildman–Crippen LogP) is 1.70. The molecule has 2 rings (SSSR count). The minimum Gasteiger partial charge on any atom is -0.377 e. The van der Waals surface area contributed by atoms with Gasteiger partial charge in [-0.3, -0.25) is 9.67 Å². The molecular weight excluding hydrogens is 481 g/mol. The van der Waals surface area contributed by atoms with Crippen molar-refractivity contribution in [1.82, 2.24) is 30.2 Å². The number of likely N-dealkylation sites (N-methyl/N-ethyl adjacent to an activating group) is 1. The van der Waals surface area contributed by atoms with E-state index in [2.05, 4.69) is 64.7 Å². The summed E-state index contributed by atoms with van der Waals surface area (Å²) < 4.78 is 7.51. The van der Waals surface area contributed by atoms with Gasteiger partial charge in [-0.25, -0.2) is 0 Å². The highest BCUT2D eigenvalue weighted by Gasteiger charge is 2.21. The third kappa shape index (κ3) is 9.18. The van der Waals surface area contributed by atoms with Crippen LogP contribution in [0.4, 0.5) is 0 Å². The molecule has 0 aliphatic carbocycles. The molecule has 1 atom stereocenters. The lowest BCUT2D eigenvalue weighted by molar-refractivity contribution is 0.0532. The number of hydrogen-bond acceptors (Lipinski definition) is 5. The van der Waals surface area contributed by atoms with Gasteiger partial charge in [-0.2, -0.15) is 5.10 Å². The van der Waals surface area contributed by atoms with Crippen LogP contribution in [0, 0.1) is 0 Å². The summed E-state index contributed by atoms with van der Waals surface area (Å²) in [5.41, 5.74) is 1.20. The van der Waals surface area contributed by atoms with Crippen molar-refractivity contribution >= 4 is 29.9 Å². The van der Waals surface area contributed by atoms with Gasteiger partial charge in [-0.05, 0) is 40.8 Å². The maximum atomic E-state index is 5.67. The summed E-state index contributed by atoms with van der Waals surface area (Å²) in [6.45, 7) is 9.00. The Labute approximate surface area is 193 Å². The Morgan fingerprint density at radius 3 is 2.55 bits per heavy atom. The Kier molecular flexibility index (Phi) is 12.1. The number of rotatable bonds is 9. The largest absolute Gasteiger partial charge is 0.377 e. The van der Waals surface area contributed by atoms with Crippen LogP contribution < -0.4 is 10.6 Å². The van der Waals surface area contributed by atoms with E-state index in [1.165, 1.54) is 5.56 Å². The molecule has 1 aliphatic heterocycles. The summed E-state index contributed by atoms with van der Waals surface area (Å²) >= 11 is 0. The van der Waals surface area contributed by atoms with Crippen LogP contribution in [0.3, 0.4) is 0 Å². The van der Waals surface area contributed by atoms with Crippen molar-refractivity contribution in [2.45, 2.75) is 44.9 Å². The molecule has 8 nitrogen and oxygen atoms in total. The molecule has 0 spiro atoms. The second-order valence-electron chi connectivity index (χ2n) is 8.06. The Morgan fingerprint density at radius 1 is 1.34 bits per heavy atom. The van der Waals surface area contributed by atoms with E-state index in [0.29, 0.717) is 12.1 Å². The monoisotopic (exact) mass is 521 g/mol. The number of halogens is 1. The van der Waals surface area contributed by atoms with Crippen molar-refractivity contribution in [3.63, 3.8) is 0 Å². The average Bonchev–Trinajstić information content (AvgIpc) is 3.07. The second kappa shape index (κ2) is 13.4. The first-order valence-electron chi connectivity index (χ1n) is 10.3. The number of guanidine groups is 1. The number of nitrogens with one attached hydrogen (secondary N) is 2. The van der Waals surface area contributed by atoms with Gasteiger partial charge in [0.1, 0.15) is 0 Å². The molecule has 2 heterocycles. The predicted molar refractivity (Wildman–Crippen MR) is 130 cm³/mol. The zero-order valence-electron chi connectivity index (χ0n) is 18.9. The minimum absolute atomic E-state index is 0. The lowest BCUT2D eigenvalue weighted by atomic mass is 10.1. The molecule has 0 bridgehead atoms. The van der Waals surface area contributed by atoms with E-state index in [1.54, 1.807) is 0 Å². The molecule has 1 unspecified atom stereocenters. The van der Waals surface area contributed by atoms with Gasteiger partial charge in [-0.15, -0.1) is 24.0 Å². The average molecular weight is 521 g/mol. The second-order valence-corrected chi connectivity index (χ2v) is 8.06. The first-order chi connectivity index (χ1) is 13.4. The van der Waals surface area contributed by atoms with Crippen molar-refractivity contribution in [2.75, 3.05) is 53.9 Å². The number of nitrogens with zero attached hydrogens (tertiary/aromatic N) is 5. The summed E-state index contributed by atoms with van der Waals surface area (Å²) in [6.07, 6.45) is 6.57. The number of ether oxygens (including phenoxy) is 1. The molecule has 0 radical (unpaired) electrons. The smallest absolute Gasteiger partial charge is 0.191 e. The number of aryl methyl sites for hydroxylation is 1. The molecule has 1 aromatic heterocycles. The molecule has 1 aromatic rings. The molecule has 0 amide bonds. The maximum absolute atomic E-state index is 5.67. The van der Waals surface area contributed by atoms with E-state index in [0.717, 1.165) is 51.6 Å². The van der Waals surface area contributed by atoms with Crippen molar-refractivity contribution in [2.24, 2.45) is 12.0 Å². The van der Waals surface area contributed by atoms with Gasteiger partial charge in [0.05, 0.1) is 24.9 Å². The Bertz CT molecular complexity index is 597. The number of piperidine rings is 1. The molecule has 1 fully saturated rings. The van der Waals surface area contributed by atoms with Crippen molar-refractivity contribution in [3.05, 3.63) is 18.0 Å². The minimum atomic E-state index is 0. The first kappa shape index (κ1) is 26.1. The van der Waals surface area contributed by atoms with Crippen LogP contribution in [0.2, 0.25) is 0 Å². The van der Waals surface area contributed by atoms with E-state index in [9.17, 15) is 0 Å². The number of likely N-dealkylation sites (tertiary alicyclic amines) is 1. The van der Waals surface area contributed by atoms with Crippen molar-refractivity contribution < 1.29 is 4.74 Å². The normalized spacial score (nSPS) is 17.4. The van der Waals surface area contributed by atoms with Gasteiger partial charge in [0.15, 0.2) is 5.96 Å². The van der Waals surface area contributed by atoms with Crippen LogP contribution in [0.25, 0.3) is 0 Å². The van der Waals surface area contributed by atoms with E-state index in [4.69, 9.17) is 4.74 Å². The number of aromatic nitrogens is 2. The lowest BCUT2D eigenvalue weighted by Crippen LogP contribution is -2.50. The summed E-state index contributed by atoms with van der Waals surface area (Å²) in [7, 11) is 7.97. The van der Waals surface area contributed by atoms with Crippen LogP contribution in [-0.2, 0) is 11.8 Å². The molecule has 1 saturated heterocycles. The van der Waals surface area contributed by atoms with Gasteiger partial charge in [-0.1, -0.05) is 0 Å². The summed E-state index contributed by atoms with van der Waals surface area (Å²) in [5, 5.41) is 11.4. The van der Waals surface area contributed by atoms with E-state index >= 15 is 0 Å². The van der Waals surface area contributed by atoms with Gasteiger partial charge in [0.2, 0.25) is 0 Å². The highest BCUT2D eigenvalue weighted by molar-refractivity contribution is 14.0. The quantitative estimate of drug-likeness (QED) is 0.293. The fraction of sp³-hybridized carbons (Fsp3) is 0.800. The van der Waals surface area contributed by atoms with Crippen molar-refractivity contribution in [1.29, 1.82) is 0 Å². The summed E-state index contributed by atoms with van der Waals surface area (Å²) in [4.78, 5) is 9.11. The van der Waals surface area contributed by atoms with Crippen molar-refractivity contribution in [3.8, 4) is 0 Å². The highest BCUT2D eigenvalue weighted by atomic mass is 127. The van der Waals surface area contributed by atoms with E-state index in [-0.39, 0.29) is 30.0 Å². The van der Waals surface area contributed by atoms with Gasteiger partial charge < -0.3 is 25.2 Å². The molecule has 1 aliphatic rings. The molecule has 29 heavy (non-hydrogen) atoms. The highest BCUT2D eigenvalue weighted by Crippen LogP contribution is 2.16. The fourth-order valence-corrected chi connectivity index (χ4v) is 3.51. The van der Waals surface area contributed by atoms with E-state index < -0.39 is 0 Å². The van der Waals surface area contributed by atoms with Gasteiger partial charge >= 0.3 is 0 Å². The van der Waals surface area contributed by atoms with Gasteiger partial charge in [0, 0.05) is 58.1 Å². The standard InChI is InChI=1S/C20H39N7O.HI/c1-16(2)28-12-11-27-9-7-18(8-10-27)24-20(21-3)22-14-19(25(4)5)17-13-23-26(6)15-17;/h13,15-16,18-19H,7-12,14H2,1-6H3,(H2,21,22,24);1H. The van der Waals surface area contributed by atoms with Crippen LogP contribution in [0.5, 0.6) is 0 Å². The third-order valence-corrected chi connectivity index (χ3v) is 5.21. The van der Waals surface area contributed by atoms with Crippen LogP contribution in [0.15, 0.2) is 17.4 Å². The summed E-state index contributed by atoms with van der Waals surface area (Å²) in [6, 6.07) is 0.708. The molecular formula is C20H40IN7O.